The van der Waals surface area contributed by atoms with Gasteiger partial charge in [-0.3, -0.25) is 0 Å². The summed E-state index contributed by atoms with van der Waals surface area (Å²) in [5.74, 6) is 6.48. The van der Waals surface area contributed by atoms with E-state index in [1.165, 1.54) is 0 Å². The fourth-order valence-corrected chi connectivity index (χ4v) is 0.209. The normalized spacial score (nSPS) is 9.11. The number of hydrogen-bond acceptors (Lipinski definition) is 8. The van der Waals surface area contributed by atoms with Crippen molar-refractivity contribution in [3.8, 4) is 0 Å². The lowest BCUT2D eigenvalue weighted by molar-refractivity contribution is -0.134. The number of nitrogens with two attached hydrogens (primary N) is 2. The van der Waals surface area contributed by atoms with Crippen molar-refractivity contribution in [1.29, 1.82) is 11.1 Å². The van der Waals surface area contributed by atoms with E-state index in [9.17, 15) is 9.59 Å². The predicted molar refractivity (Wildman–Crippen MR) is 60.1 cm³/mol. The molecule has 0 heterocycles. The van der Waals surface area contributed by atoms with Gasteiger partial charge in [0.1, 0.15) is 0 Å². The summed E-state index contributed by atoms with van der Waals surface area (Å²) >= 11 is 0. The van der Waals surface area contributed by atoms with Gasteiger partial charge in [-0.1, -0.05) is 0 Å². The zero-order chi connectivity index (χ0) is 14.8. The Labute approximate surface area is 101 Å². The van der Waals surface area contributed by atoms with Crippen LogP contribution in [0.5, 0.6) is 0 Å². The van der Waals surface area contributed by atoms with Crippen LogP contribution < -0.4 is 11.7 Å². The molecule has 0 aromatic carbocycles. The summed E-state index contributed by atoms with van der Waals surface area (Å²) in [7, 11) is 0. The third kappa shape index (κ3) is 52.9. The molecular weight excluding hydrogens is 248 g/mol. The maximum absolute atomic E-state index is 9.55. The fourth-order valence-electron chi connectivity index (χ4n) is 0.209. The number of carboxylic acids is 2. The number of nitrogens with zero attached hydrogens (tertiary/aromatic N) is 4. The molecule has 12 nitrogen and oxygen atoms in total. The Morgan fingerprint density at radius 3 is 1.22 bits per heavy atom. The molecular formula is C6H12N8O4. The highest BCUT2D eigenvalue weighted by Crippen LogP contribution is 1.70. The minimum atomic E-state index is -1.26. The molecule has 0 aliphatic rings. The summed E-state index contributed by atoms with van der Waals surface area (Å²) in [4.78, 5) is 19.1. The molecule has 8 N–H and O–H groups in total. The molecule has 18 heavy (non-hydrogen) atoms. The van der Waals surface area contributed by atoms with Crippen LogP contribution in [-0.4, -0.2) is 34.8 Å². The fraction of sp³-hybridized carbons (Fsp3) is 0. The van der Waals surface area contributed by atoms with Gasteiger partial charge in [0.2, 0.25) is 0 Å². The summed E-state index contributed by atoms with van der Waals surface area (Å²) in [5.41, 5.74) is 12.0. The van der Waals surface area contributed by atoms with Crippen molar-refractivity contribution in [1.82, 2.24) is 0 Å². The van der Waals surface area contributed by atoms with E-state index < -0.39 is 11.9 Å². The lowest BCUT2D eigenvalue weighted by Crippen LogP contribution is -1.91. The quantitative estimate of drug-likeness (QED) is 0.0978. The molecule has 0 atom stereocenters. The zero-order valence-corrected chi connectivity index (χ0v) is 8.96. The highest BCUT2D eigenvalue weighted by molar-refractivity contribution is 5.89. The van der Waals surface area contributed by atoms with E-state index >= 15 is 0 Å². The number of carbonyl (C=O) groups is 2. The number of hydrazone groups is 2. The topological polar surface area (TPSA) is 224 Å². The summed E-state index contributed by atoms with van der Waals surface area (Å²) < 4.78 is 0. The first-order valence-electron chi connectivity index (χ1n) is 3.76. The molecule has 0 bridgehead atoms. The van der Waals surface area contributed by atoms with Gasteiger partial charge in [0.15, 0.2) is 12.7 Å². The van der Waals surface area contributed by atoms with Gasteiger partial charge < -0.3 is 21.9 Å². The summed E-state index contributed by atoms with van der Waals surface area (Å²) in [6.07, 6.45) is 3.00. The number of carboxylic acid groups (broad SMARTS) is 2. The smallest absolute Gasteiger partial charge is 0.328 e. The first-order valence-corrected chi connectivity index (χ1v) is 3.76. The maximum Gasteiger partial charge on any atom is 0.328 e. The first kappa shape index (κ1) is 20.3. The van der Waals surface area contributed by atoms with Gasteiger partial charge in [0.05, 0.1) is 0 Å². The monoisotopic (exact) mass is 260 g/mol. The molecule has 0 aliphatic carbocycles. The van der Waals surface area contributed by atoms with E-state index in [1.807, 2.05) is 0 Å². The number of hydrogen-bond donors (Lipinski definition) is 6. The molecule has 100 valence electrons. The average molecular weight is 260 g/mol. The zero-order valence-electron chi connectivity index (χ0n) is 8.96. The van der Waals surface area contributed by atoms with Gasteiger partial charge in [-0.05, 0) is 0 Å². The first-order chi connectivity index (χ1) is 8.45. The minimum absolute atomic E-state index is 0.558. The van der Waals surface area contributed by atoms with Crippen LogP contribution in [0.15, 0.2) is 32.6 Å². The van der Waals surface area contributed by atoms with Crippen molar-refractivity contribution in [3.63, 3.8) is 0 Å². The van der Waals surface area contributed by atoms with Crippen LogP contribution in [-0.2, 0) is 9.59 Å². The van der Waals surface area contributed by atoms with Gasteiger partial charge in [-0.25, -0.2) is 20.7 Å². The number of nitrogens with one attached hydrogen (secondary N) is 2. The Hall–Kier alpha value is -3.18. The van der Waals surface area contributed by atoms with Crippen molar-refractivity contribution < 1.29 is 19.8 Å². The molecule has 0 aromatic rings. The highest BCUT2D eigenvalue weighted by Gasteiger charge is 1.88. The van der Waals surface area contributed by atoms with E-state index in [0.29, 0.717) is 12.2 Å². The second-order valence-electron chi connectivity index (χ2n) is 1.80. The van der Waals surface area contributed by atoms with Crippen LogP contribution in [0.4, 0.5) is 0 Å². The van der Waals surface area contributed by atoms with Crippen LogP contribution in [0, 0.1) is 11.1 Å². The lowest BCUT2D eigenvalue weighted by Gasteiger charge is -1.74. The van der Waals surface area contributed by atoms with Gasteiger partial charge in [0.25, 0.3) is 0 Å². The van der Waals surface area contributed by atoms with Gasteiger partial charge in [-0.15, -0.1) is 10.2 Å². The molecule has 0 fully saturated rings. The van der Waals surface area contributed by atoms with Crippen LogP contribution in [0.2, 0.25) is 0 Å². The SMILES string of the molecule is N=NC=NN.N=NC=NN.O=C(O)/C=C\C(=O)O. The van der Waals surface area contributed by atoms with Crippen molar-refractivity contribution in [3.05, 3.63) is 12.2 Å². The summed E-state index contributed by atoms with van der Waals surface area (Å²) in [5, 5.41) is 26.7. The van der Waals surface area contributed by atoms with Crippen LogP contribution in [0.25, 0.3) is 0 Å². The molecule has 0 unspecified atom stereocenters. The maximum atomic E-state index is 9.55. The van der Waals surface area contributed by atoms with Gasteiger partial charge in [0, 0.05) is 12.2 Å². The van der Waals surface area contributed by atoms with Crippen molar-refractivity contribution >= 4 is 24.6 Å². The highest BCUT2D eigenvalue weighted by atomic mass is 16.4. The molecule has 0 amide bonds. The van der Waals surface area contributed by atoms with E-state index in [-0.39, 0.29) is 0 Å². The van der Waals surface area contributed by atoms with Gasteiger partial charge >= 0.3 is 11.9 Å². The Balaban J connectivity index is -0.000000197. The van der Waals surface area contributed by atoms with Gasteiger partial charge in [-0.2, -0.15) is 10.2 Å². The molecule has 0 spiro atoms. The van der Waals surface area contributed by atoms with E-state index in [1.54, 1.807) is 0 Å². The molecule has 0 aromatic heterocycles. The molecule has 0 rings (SSSR count). The third-order valence-electron chi connectivity index (χ3n) is 0.617. The third-order valence-corrected chi connectivity index (χ3v) is 0.617. The van der Waals surface area contributed by atoms with Crippen molar-refractivity contribution in [2.75, 3.05) is 0 Å². The molecule has 0 saturated carbocycles. The van der Waals surface area contributed by atoms with E-state index in [2.05, 4.69) is 32.1 Å². The molecule has 0 radical (unpaired) electrons. The van der Waals surface area contributed by atoms with E-state index in [4.69, 9.17) is 21.3 Å². The molecule has 12 heteroatoms. The molecule has 0 saturated heterocycles. The van der Waals surface area contributed by atoms with Crippen LogP contribution in [0.1, 0.15) is 0 Å². The number of aliphatic carboxylic acids is 2. The van der Waals surface area contributed by atoms with Crippen LogP contribution >= 0.6 is 0 Å². The number of rotatable bonds is 4. The van der Waals surface area contributed by atoms with Crippen molar-refractivity contribution in [2.24, 2.45) is 32.1 Å². The Morgan fingerprint density at radius 2 is 1.17 bits per heavy atom. The van der Waals surface area contributed by atoms with E-state index in [0.717, 1.165) is 12.7 Å². The predicted octanol–water partition coefficient (Wildman–Crippen LogP) is -0.449. The molecule has 0 aliphatic heterocycles. The average Bonchev–Trinajstić information content (AvgIpc) is 2.30. The Bertz CT molecular complexity index is 304. The second kappa shape index (κ2) is 19.4. The largest absolute Gasteiger partial charge is 0.478 e. The second-order valence-corrected chi connectivity index (χ2v) is 1.80. The van der Waals surface area contributed by atoms with Crippen LogP contribution in [0.3, 0.4) is 0 Å². The summed E-state index contributed by atoms with van der Waals surface area (Å²) in [6, 6.07) is 0. The minimum Gasteiger partial charge on any atom is -0.478 e. The summed E-state index contributed by atoms with van der Waals surface area (Å²) in [6.45, 7) is 0. The Kier molecular flexibility index (Phi) is 21.8. The van der Waals surface area contributed by atoms with Crippen molar-refractivity contribution in [2.45, 2.75) is 0 Å². The standard InChI is InChI=1S/C4H4O4.2CH4N4/c5-3(6)1-2-4(7)8;2*2-4-1-5-3/h1-2H,(H,5,6)(H,7,8);2*1-2H,3H2/b2-1-;;. The Morgan fingerprint density at radius 1 is 0.889 bits per heavy atom. The lowest BCUT2D eigenvalue weighted by atomic mass is 10.5.